The molecule has 0 bridgehead atoms. The molecule has 1 N–H and O–H groups in total. The molecule has 5 nitrogen and oxygen atoms in total. The van der Waals surface area contributed by atoms with Gasteiger partial charge in [-0.2, -0.15) is 0 Å². The average molecular weight is 235 g/mol. The van der Waals surface area contributed by atoms with Gasteiger partial charge in [-0.05, 0) is 24.6 Å². The number of nitrogens with one attached hydrogen (secondary N) is 1. The van der Waals surface area contributed by atoms with Crippen molar-refractivity contribution in [3.05, 3.63) is 23.9 Å². The summed E-state index contributed by atoms with van der Waals surface area (Å²) in [6.07, 6.45) is 1.76. The molecule has 0 aliphatic carbocycles. The normalized spacial score (nSPS) is 16.1. The maximum absolute atomic E-state index is 11.6. The van der Waals surface area contributed by atoms with Crippen LogP contribution in [0.15, 0.2) is 18.3 Å². The Kier molecular flexibility index (Phi) is 3.93. The van der Waals surface area contributed by atoms with Gasteiger partial charge < -0.3 is 15.0 Å². The highest BCUT2D eigenvalue weighted by Gasteiger charge is 2.18. The molecule has 1 aromatic heterocycles. The Morgan fingerprint density at radius 1 is 1.59 bits per heavy atom. The van der Waals surface area contributed by atoms with Crippen LogP contribution in [0.2, 0.25) is 0 Å². The zero-order chi connectivity index (χ0) is 12.1. The molecule has 1 fully saturated rings. The monoisotopic (exact) mass is 235 g/mol. The molecule has 0 unspecified atom stereocenters. The molecule has 0 saturated carbocycles. The van der Waals surface area contributed by atoms with Gasteiger partial charge in [-0.3, -0.25) is 4.79 Å². The molecule has 0 aromatic carbocycles. The van der Waals surface area contributed by atoms with E-state index in [1.165, 1.54) is 0 Å². The van der Waals surface area contributed by atoms with Gasteiger partial charge in [0.15, 0.2) is 0 Å². The SMILES string of the molecule is CCNc1cc(CN2CCOCC2=O)ccn1. The predicted octanol–water partition coefficient (Wildman–Crippen LogP) is 0.872. The molecule has 17 heavy (non-hydrogen) atoms. The van der Waals surface area contributed by atoms with Gasteiger partial charge in [0.25, 0.3) is 0 Å². The van der Waals surface area contributed by atoms with Crippen molar-refractivity contribution >= 4 is 11.7 Å². The van der Waals surface area contributed by atoms with Gasteiger partial charge in [-0.1, -0.05) is 0 Å². The lowest BCUT2D eigenvalue weighted by Crippen LogP contribution is -2.40. The molecule has 0 spiro atoms. The highest BCUT2D eigenvalue weighted by molar-refractivity contribution is 5.78. The van der Waals surface area contributed by atoms with Crippen LogP contribution in [0.3, 0.4) is 0 Å². The van der Waals surface area contributed by atoms with E-state index in [0.717, 1.165) is 17.9 Å². The highest BCUT2D eigenvalue weighted by Crippen LogP contribution is 2.11. The van der Waals surface area contributed by atoms with Crippen LogP contribution in [-0.4, -0.2) is 42.1 Å². The largest absolute Gasteiger partial charge is 0.370 e. The number of rotatable bonds is 4. The lowest BCUT2D eigenvalue weighted by Gasteiger charge is -2.26. The molecule has 1 aliphatic heterocycles. The van der Waals surface area contributed by atoms with Gasteiger partial charge in [0, 0.05) is 25.8 Å². The minimum absolute atomic E-state index is 0.0538. The maximum Gasteiger partial charge on any atom is 0.248 e. The van der Waals surface area contributed by atoms with E-state index >= 15 is 0 Å². The first kappa shape index (κ1) is 11.9. The highest BCUT2D eigenvalue weighted by atomic mass is 16.5. The van der Waals surface area contributed by atoms with Crippen LogP contribution < -0.4 is 5.32 Å². The van der Waals surface area contributed by atoms with Crippen molar-refractivity contribution in [2.75, 3.05) is 31.6 Å². The van der Waals surface area contributed by atoms with Crippen molar-refractivity contribution < 1.29 is 9.53 Å². The maximum atomic E-state index is 11.6. The molecule has 1 aliphatic rings. The molecule has 92 valence electrons. The van der Waals surface area contributed by atoms with Crippen molar-refractivity contribution in [3.8, 4) is 0 Å². The molecule has 2 heterocycles. The fourth-order valence-electron chi connectivity index (χ4n) is 1.79. The van der Waals surface area contributed by atoms with Crippen LogP contribution in [0.1, 0.15) is 12.5 Å². The number of amides is 1. The Hall–Kier alpha value is -1.62. The second-order valence-electron chi connectivity index (χ2n) is 3.95. The fraction of sp³-hybridized carbons (Fsp3) is 0.500. The fourth-order valence-corrected chi connectivity index (χ4v) is 1.79. The Labute approximate surface area is 101 Å². The number of nitrogens with zero attached hydrogens (tertiary/aromatic N) is 2. The summed E-state index contributed by atoms with van der Waals surface area (Å²) in [6, 6.07) is 3.91. The van der Waals surface area contributed by atoms with Crippen molar-refractivity contribution in [2.45, 2.75) is 13.5 Å². The number of hydrogen-bond donors (Lipinski definition) is 1. The second kappa shape index (κ2) is 5.63. The van der Waals surface area contributed by atoms with Gasteiger partial charge >= 0.3 is 0 Å². The Morgan fingerprint density at radius 3 is 3.24 bits per heavy atom. The van der Waals surface area contributed by atoms with Gasteiger partial charge in [0.05, 0.1) is 6.61 Å². The summed E-state index contributed by atoms with van der Waals surface area (Å²) in [5.41, 5.74) is 1.09. The molecule has 1 amide bonds. The number of pyridine rings is 1. The number of aromatic nitrogens is 1. The first-order valence-corrected chi connectivity index (χ1v) is 5.84. The summed E-state index contributed by atoms with van der Waals surface area (Å²) < 4.78 is 5.10. The van der Waals surface area contributed by atoms with Gasteiger partial charge in [-0.15, -0.1) is 0 Å². The topological polar surface area (TPSA) is 54.5 Å². The third-order valence-corrected chi connectivity index (χ3v) is 2.64. The summed E-state index contributed by atoms with van der Waals surface area (Å²) in [5, 5.41) is 3.16. The van der Waals surface area contributed by atoms with Gasteiger partial charge in [0.1, 0.15) is 12.4 Å². The molecule has 1 aromatic rings. The van der Waals surface area contributed by atoms with Crippen molar-refractivity contribution in [1.82, 2.24) is 9.88 Å². The standard InChI is InChI=1S/C12H17N3O2/c1-2-13-11-7-10(3-4-14-11)8-15-5-6-17-9-12(15)16/h3-4,7H,2,5-6,8-9H2,1H3,(H,13,14). The van der Waals surface area contributed by atoms with Crippen LogP contribution in [0.25, 0.3) is 0 Å². The number of ether oxygens (including phenoxy) is 1. The second-order valence-corrected chi connectivity index (χ2v) is 3.95. The quantitative estimate of drug-likeness (QED) is 0.841. The van der Waals surface area contributed by atoms with Crippen LogP contribution >= 0.6 is 0 Å². The first-order chi connectivity index (χ1) is 8.29. The van der Waals surface area contributed by atoms with E-state index in [-0.39, 0.29) is 12.5 Å². The van der Waals surface area contributed by atoms with Gasteiger partial charge in [0.2, 0.25) is 5.91 Å². The Morgan fingerprint density at radius 2 is 2.47 bits per heavy atom. The van der Waals surface area contributed by atoms with E-state index in [4.69, 9.17) is 4.74 Å². The molecule has 2 rings (SSSR count). The summed E-state index contributed by atoms with van der Waals surface area (Å²) in [6.45, 7) is 4.98. The Bertz CT molecular complexity index is 395. The zero-order valence-corrected chi connectivity index (χ0v) is 9.98. The minimum atomic E-state index is 0.0538. The van der Waals surface area contributed by atoms with E-state index in [9.17, 15) is 4.79 Å². The smallest absolute Gasteiger partial charge is 0.248 e. The minimum Gasteiger partial charge on any atom is -0.370 e. The molecule has 5 heteroatoms. The van der Waals surface area contributed by atoms with E-state index in [2.05, 4.69) is 10.3 Å². The van der Waals surface area contributed by atoms with E-state index in [1.807, 2.05) is 24.0 Å². The summed E-state index contributed by atoms with van der Waals surface area (Å²) in [4.78, 5) is 17.6. The van der Waals surface area contributed by atoms with Crippen LogP contribution in [0.4, 0.5) is 5.82 Å². The van der Waals surface area contributed by atoms with Crippen molar-refractivity contribution in [3.63, 3.8) is 0 Å². The van der Waals surface area contributed by atoms with E-state index in [1.54, 1.807) is 6.20 Å². The Balaban J connectivity index is 2.01. The lowest BCUT2D eigenvalue weighted by atomic mass is 10.2. The third kappa shape index (κ3) is 3.17. The molecular formula is C12H17N3O2. The van der Waals surface area contributed by atoms with E-state index < -0.39 is 0 Å². The zero-order valence-electron chi connectivity index (χ0n) is 9.98. The summed E-state index contributed by atoms with van der Waals surface area (Å²) >= 11 is 0. The summed E-state index contributed by atoms with van der Waals surface area (Å²) in [5.74, 6) is 0.906. The number of hydrogen-bond acceptors (Lipinski definition) is 4. The van der Waals surface area contributed by atoms with Crippen LogP contribution in [0, 0.1) is 0 Å². The predicted molar refractivity (Wildman–Crippen MR) is 64.6 cm³/mol. The molecule has 1 saturated heterocycles. The van der Waals surface area contributed by atoms with Crippen molar-refractivity contribution in [2.24, 2.45) is 0 Å². The average Bonchev–Trinajstić information content (AvgIpc) is 2.33. The lowest BCUT2D eigenvalue weighted by molar-refractivity contribution is -0.143. The summed E-state index contributed by atoms with van der Waals surface area (Å²) in [7, 11) is 0. The number of carbonyl (C=O) groups excluding carboxylic acids is 1. The number of carbonyl (C=O) groups is 1. The number of morpholine rings is 1. The van der Waals surface area contributed by atoms with Crippen LogP contribution in [-0.2, 0) is 16.1 Å². The van der Waals surface area contributed by atoms with Crippen LogP contribution in [0.5, 0.6) is 0 Å². The number of anilines is 1. The molecule has 0 radical (unpaired) electrons. The third-order valence-electron chi connectivity index (χ3n) is 2.64. The van der Waals surface area contributed by atoms with Gasteiger partial charge in [-0.25, -0.2) is 4.98 Å². The van der Waals surface area contributed by atoms with Crippen molar-refractivity contribution in [1.29, 1.82) is 0 Å². The molecule has 0 atom stereocenters. The first-order valence-electron chi connectivity index (χ1n) is 5.84. The molecular weight excluding hydrogens is 218 g/mol. The van der Waals surface area contributed by atoms with E-state index in [0.29, 0.717) is 19.7 Å².